The van der Waals surface area contributed by atoms with E-state index in [0.29, 0.717) is 17.1 Å². The zero-order valence-corrected chi connectivity index (χ0v) is 11.9. The summed E-state index contributed by atoms with van der Waals surface area (Å²) < 4.78 is 10.8. The van der Waals surface area contributed by atoms with Crippen LogP contribution in [0.3, 0.4) is 0 Å². The van der Waals surface area contributed by atoms with Gasteiger partial charge in [-0.2, -0.15) is 0 Å². The van der Waals surface area contributed by atoms with E-state index in [4.69, 9.17) is 14.6 Å². The number of hydrogen-bond donors (Lipinski definition) is 1. The van der Waals surface area contributed by atoms with Crippen LogP contribution >= 0.6 is 0 Å². The number of carbonyl (C=O) groups excluding carboxylic acids is 2. The molecule has 21 heavy (non-hydrogen) atoms. The lowest BCUT2D eigenvalue weighted by molar-refractivity contribution is -0.154. The molecule has 1 aromatic rings. The number of imide groups is 1. The normalized spacial score (nSPS) is 14.8. The molecule has 1 N–H and O–H groups in total. The van der Waals surface area contributed by atoms with Gasteiger partial charge in [0.25, 0.3) is 0 Å². The predicted molar refractivity (Wildman–Crippen MR) is 71.3 cm³/mol. The van der Waals surface area contributed by atoms with Gasteiger partial charge in [0.05, 0.1) is 0 Å². The van der Waals surface area contributed by atoms with Crippen molar-refractivity contribution < 1.29 is 29.0 Å². The Hall–Kier alpha value is -2.57. The highest BCUT2D eigenvalue weighted by Crippen LogP contribution is 2.41. The van der Waals surface area contributed by atoms with E-state index in [1.54, 1.807) is 6.07 Å². The number of amides is 2. The summed E-state index contributed by atoms with van der Waals surface area (Å²) in [5, 5.41) is 8.57. The van der Waals surface area contributed by atoms with Crippen LogP contribution in [0.15, 0.2) is 18.2 Å². The molecule has 1 heterocycles. The third kappa shape index (κ3) is 2.96. The fraction of sp³-hybridized carbons (Fsp3) is 0.357. The van der Waals surface area contributed by atoms with Crippen molar-refractivity contribution in [3.8, 4) is 11.5 Å². The Morgan fingerprint density at radius 1 is 1.33 bits per heavy atom. The van der Waals surface area contributed by atoms with Crippen molar-refractivity contribution >= 4 is 18.0 Å². The molecule has 0 atom stereocenters. The van der Waals surface area contributed by atoms with Crippen LogP contribution in [0.4, 0.5) is 4.79 Å². The van der Waals surface area contributed by atoms with Gasteiger partial charge < -0.3 is 14.6 Å². The van der Waals surface area contributed by atoms with Gasteiger partial charge in [-0.15, -0.1) is 0 Å². The number of ether oxygens (including phenoxy) is 2. The van der Waals surface area contributed by atoms with E-state index in [0.717, 1.165) is 12.6 Å². The lowest BCUT2D eigenvalue weighted by atomic mass is 10.0. The number of likely N-dealkylation sites (N-methyl/N-ethyl adjacent to an activating group) is 1. The maximum Gasteiger partial charge on any atom is 0.422 e. The number of nitrogens with zero attached hydrogens (tertiary/aromatic N) is 1. The van der Waals surface area contributed by atoms with Crippen LogP contribution in [0.25, 0.3) is 0 Å². The van der Waals surface area contributed by atoms with Gasteiger partial charge in [0.2, 0.25) is 0 Å². The molecular formula is C14H15NO6. The van der Waals surface area contributed by atoms with E-state index < -0.39 is 23.6 Å². The summed E-state index contributed by atoms with van der Waals surface area (Å²) in [6.07, 6.45) is -0.415. The van der Waals surface area contributed by atoms with E-state index in [1.807, 2.05) is 19.9 Å². The highest BCUT2D eigenvalue weighted by molar-refractivity contribution is 6.34. The molecule has 1 aromatic carbocycles. The molecule has 1 aliphatic heterocycles. The van der Waals surface area contributed by atoms with Crippen LogP contribution in [0.5, 0.6) is 11.5 Å². The quantitative estimate of drug-likeness (QED) is 0.787. The Bertz CT molecular complexity index is 622. The van der Waals surface area contributed by atoms with Crippen LogP contribution in [0.2, 0.25) is 0 Å². The van der Waals surface area contributed by atoms with Crippen molar-refractivity contribution in [3.63, 3.8) is 0 Å². The van der Waals surface area contributed by atoms with Gasteiger partial charge in [0.1, 0.15) is 5.60 Å². The first kappa shape index (κ1) is 14.8. The summed E-state index contributed by atoms with van der Waals surface area (Å²) in [7, 11) is 1.03. The molecule has 2 rings (SSSR count). The van der Waals surface area contributed by atoms with Gasteiger partial charge in [-0.05, 0) is 19.9 Å². The van der Waals surface area contributed by atoms with Crippen LogP contribution in [0.1, 0.15) is 19.4 Å². The fourth-order valence-electron chi connectivity index (χ4n) is 2.06. The summed E-state index contributed by atoms with van der Waals surface area (Å²) in [4.78, 5) is 33.9. The molecule has 0 unspecified atom stereocenters. The molecule has 0 saturated heterocycles. The highest BCUT2D eigenvalue weighted by atomic mass is 16.6. The number of carbonyl (C=O) groups is 3. The van der Waals surface area contributed by atoms with Gasteiger partial charge >= 0.3 is 18.0 Å². The lowest BCUT2D eigenvalue weighted by Crippen LogP contribution is -2.39. The van der Waals surface area contributed by atoms with Crippen molar-refractivity contribution in [1.29, 1.82) is 0 Å². The Balaban J connectivity index is 2.19. The first-order chi connectivity index (χ1) is 9.71. The van der Waals surface area contributed by atoms with Crippen LogP contribution in [-0.2, 0) is 16.0 Å². The number of para-hydroxylation sites is 1. The minimum absolute atomic E-state index is 0.160. The average Bonchev–Trinajstić information content (AvgIpc) is 2.71. The second-order valence-corrected chi connectivity index (χ2v) is 5.32. The summed E-state index contributed by atoms with van der Waals surface area (Å²) in [5.41, 5.74) is 0.477. The Morgan fingerprint density at radius 2 is 2.00 bits per heavy atom. The second-order valence-electron chi connectivity index (χ2n) is 5.32. The van der Waals surface area contributed by atoms with Crippen molar-refractivity contribution in [2.24, 2.45) is 0 Å². The van der Waals surface area contributed by atoms with Crippen molar-refractivity contribution in [2.75, 3.05) is 7.05 Å². The Labute approximate surface area is 121 Å². The molecule has 0 radical (unpaired) electrons. The van der Waals surface area contributed by atoms with Crippen molar-refractivity contribution in [1.82, 2.24) is 4.90 Å². The van der Waals surface area contributed by atoms with E-state index in [9.17, 15) is 14.4 Å². The lowest BCUT2D eigenvalue weighted by Gasteiger charge is -2.18. The highest BCUT2D eigenvalue weighted by Gasteiger charge is 2.33. The third-order valence-electron chi connectivity index (χ3n) is 3.01. The second kappa shape index (κ2) is 5.08. The van der Waals surface area contributed by atoms with E-state index >= 15 is 0 Å². The van der Waals surface area contributed by atoms with Gasteiger partial charge in [0, 0.05) is 19.0 Å². The summed E-state index contributed by atoms with van der Waals surface area (Å²) >= 11 is 0. The summed E-state index contributed by atoms with van der Waals surface area (Å²) in [6, 6.07) is 5.08. The molecule has 0 aromatic heterocycles. The SMILES string of the molecule is CN(C(=O)Oc1cccc2c1OC(C)(C)C2)C(=O)C(=O)O. The third-order valence-corrected chi connectivity index (χ3v) is 3.01. The smallest absolute Gasteiger partial charge is 0.422 e. The maximum absolute atomic E-state index is 11.8. The number of carboxylic acid groups (broad SMARTS) is 1. The maximum atomic E-state index is 11.8. The summed E-state index contributed by atoms with van der Waals surface area (Å²) in [6.45, 7) is 3.80. The van der Waals surface area contributed by atoms with Crippen LogP contribution < -0.4 is 9.47 Å². The van der Waals surface area contributed by atoms with Crippen molar-refractivity contribution in [3.05, 3.63) is 23.8 Å². The van der Waals surface area contributed by atoms with Gasteiger partial charge in [0.15, 0.2) is 11.5 Å². The van der Waals surface area contributed by atoms with Crippen LogP contribution in [-0.4, -0.2) is 40.6 Å². The standard InChI is InChI=1S/C14H15NO6/c1-14(2)7-8-5-4-6-9(10(8)21-14)20-13(19)15(3)11(16)12(17)18/h4-6H,7H2,1-3H3,(H,17,18). The largest absolute Gasteiger partial charge is 0.483 e. The molecule has 7 nitrogen and oxygen atoms in total. The summed E-state index contributed by atoms with van der Waals surface area (Å²) in [5.74, 6) is -2.50. The van der Waals surface area contributed by atoms with E-state index in [-0.39, 0.29) is 5.75 Å². The van der Waals surface area contributed by atoms with Gasteiger partial charge in [-0.25, -0.2) is 14.5 Å². The number of rotatable bonds is 1. The molecule has 0 aliphatic carbocycles. The predicted octanol–water partition coefficient (Wildman–Crippen LogP) is 1.44. The molecule has 2 amide bonds. The number of aliphatic carboxylic acids is 1. The molecule has 1 aliphatic rings. The first-order valence-corrected chi connectivity index (χ1v) is 6.25. The molecule has 0 spiro atoms. The van der Waals surface area contributed by atoms with Crippen molar-refractivity contribution in [2.45, 2.75) is 25.9 Å². The molecule has 0 saturated carbocycles. The average molecular weight is 293 g/mol. The minimum atomic E-state index is -1.73. The molecule has 0 fully saturated rings. The Kier molecular flexibility index (Phi) is 3.59. The monoisotopic (exact) mass is 293 g/mol. The van der Waals surface area contributed by atoms with E-state index in [2.05, 4.69) is 0 Å². The molecule has 112 valence electrons. The number of benzene rings is 1. The van der Waals surface area contributed by atoms with E-state index in [1.165, 1.54) is 6.07 Å². The molecular weight excluding hydrogens is 278 g/mol. The Morgan fingerprint density at radius 3 is 2.62 bits per heavy atom. The fourth-order valence-corrected chi connectivity index (χ4v) is 2.06. The number of hydrogen-bond acceptors (Lipinski definition) is 5. The molecule has 7 heteroatoms. The zero-order valence-electron chi connectivity index (χ0n) is 11.9. The minimum Gasteiger partial charge on any atom is -0.483 e. The molecule has 0 bridgehead atoms. The number of carboxylic acids is 1. The van der Waals surface area contributed by atoms with Gasteiger partial charge in [-0.3, -0.25) is 4.79 Å². The zero-order chi connectivity index (χ0) is 15.8. The first-order valence-electron chi connectivity index (χ1n) is 6.25. The van der Waals surface area contributed by atoms with Gasteiger partial charge in [-0.1, -0.05) is 12.1 Å². The number of fused-ring (bicyclic) bond motifs is 1. The topological polar surface area (TPSA) is 93.1 Å². The van der Waals surface area contributed by atoms with Crippen LogP contribution in [0, 0.1) is 0 Å².